The summed E-state index contributed by atoms with van der Waals surface area (Å²) in [5.74, 6) is 0. The molecule has 3 N–H and O–H groups in total. The van der Waals surface area contributed by atoms with Crippen LogP contribution in [0.1, 0.15) is 0 Å². The second-order valence-corrected chi connectivity index (χ2v) is 0.346. The van der Waals surface area contributed by atoms with E-state index in [0.717, 1.165) is 0 Å². The van der Waals surface area contributed by atoms with Crippen LogP contribution in [-0.4, -0.2) is 22.4 Å². The number of rotatable bonds is 0. The van der Waals surface area contributed by atoms with Crippen LogP contribution in [-0.2, 0) is 25.8 Å². The van der Waals surface area contributed by atoms with Gasteiger partial charge in [0.25, 0.3) is 0 Å². The zero-order chi connectivity index (χ0) is 3.58. The summed E-state index contributed by atoms with van der Waals surface area (Å²) in [6, 6.07) is 0. The summed E-state index contributed by atoms with van der Waals surface area (Å²) in [5, 5.41) is 21.5. The molecule has 0 aromatic heterocycles. The first kappa shape index (κ1) is 9.26. The van der Waals surface area contributed by atoms with Gasteiger partial charge in [-0.2, -0.15) is 0 Å². The second-order valence-electron chi connectivity index (χ2n) is 0.346. The van der Waals surface area contributed by atoms with Crippen LogP contribution in [0.25, 0.3) is 0 Å². The van der Waals surface area contributed by atoms with E-state index in [1.807, 2.05) is 0 Å². The summed E-state index contributed by atoms with van der Waals surface area (Å²) in [7, 11) is -2.17. The fraction of sp³-hybridized carbons (Fsp3) is 0. The Kier molecular flexibility index (Phi) is 8.92. The van der Waals surface area contributed by atoms with Gasteiger partial charge in [-0.15, -0.1) is 0 Å². The van der Waals surface area contributed by atoms with E-state index in [9.17, 15) is 0 Å². The molecule has 0 fully saturated rings. The average Bonchev–Trinajstić information content (AvgIpc) is 0.811. The zero-order valence-electron chi connectivity index (χ0n) is 2.50. The van der Waals surface area contributed by atoms with Crippen LogP contribution in [0.4, 0.5) is 0 Å². The van der Waals surface area contributed by atoms with Gasteiger partial charge in [-0.25, -0.2) is 0 Å². The fourth-order valence-corrected chi connectivity index (χ4v) is 0. The minimum atomic E-state index is -2.17. The van der Waals surface area contributed by atoms with Crippen molar-refractivity contribution in [3.05, 3.63) is 0 Å². The Morgan fingerprint density at radius 1 is 1.00 bits per heavy atom. The van der Waals surface area contributed by atoms with Gasteiger partial charge in [0, 0.05) is 25.8 Å². The molecule has 0 aromatic rings. The molecule has 0 heterocycles. The van der Waals surface area contributed by atoms with E-state index in [0.29, 0.717) is 0 Å². The molecule has 0 aliphatic rings. The molecule has 0 aliphatic carbocycles. The maximum absolute atomic E-state index is 7.17. The quantitative estimate of drug-likeness (QED) is 0.312. The average molecular weight is 107 g/mol. The van der Waals surface area contributed by atoms with Crippen molar-refractivity contribution in [2.24, 2.45) is 0 Å². The molecule has 0 spiro atoms. The Bertz CT molecular complexity index is 11.6. The molecule has 0 bridgehead atoms. The van der Waals surface area contributed by atoms with Gasteiger partial charge in [0.1, 0.15) is 0 Å². The van der Waals surface area contributed by atoms with Gasteiger partial charge in [-0.1, -0.05) is 0 Å². The van der Waals surface area contributed by atoms with Crippen LogP contribution >= 0.6 is 0 Å². The molecular formula is H3BO3Sc. The van der Waals surface area contributed by atoms with E-state index < -0.39 is 7.32 Å². The van der Waals surface area contributed by atoms with Gasteiger partial charge < -0.3 is 15.1 Å². The van der Waals surface area contributed by atoms with Crippen molar-refractivity contribution in [1.82, 2.24) is 0 Å². The van der Waals surface area contributed by atoms with Gasteiger partial charge in [0.15, 0.2) is 0 Å². The van der Waals surface area contributed by atoms with E-state index in [-0.39, 0.29) is 25.8 Å². The minimum Gasteiger partial charge on any atom is -0.402 e. The molecular weight excluding hydrogens is 104 g/mol. The molecule has 0 saturated heterocycles. The third-order valence-corrected chi connectivity index (χ3v) is 0. The maximum atomic E-state index is 7.17. The van der Waals surface area contributed by atoms with Crippen molar-refractivity contribution in [1.29, 1.82) is 0 Å². The van der Waals surface area contributed by atoms with E-state index >= 15 is 0 Å². The van der Waals surface area contributed by atoms with E-state index in [4.69, 9.17) is 15.1 Å². The predicted molar refractivity (Wildman–Crippen MR) is 12.4 cm³/mol. The smallest absolute Gasteiger partial charge is 0.402 e. The first-order valence-corrected chi connectivity index (χ1v) is 0.775. The van der Waals surface area contributed by atoms with E-state index in [2.05, 4.69) is 0 Å². The molecule has 3 nitrogen and oxygen atoms in total. The van der Waals surface area contributed by atoms with Gasteiger partial charge in [-0.3, -0.25) is 0 Å². The van der Waals surface area contributed by atoms with Crippen LogP contribution in [0, 0.1) is 0 Å². The standard InChI is InChI=1S/BH3O3.Sc/c2-1(3)4;/h2-4H;. The molecule has 0 unspecified atom stereocenters. The van der Waals surface area contributed by atoms with Crippen LogP contribution in [0.3, 0.4) is 0 Å². The van der Waals surface area contributed by atoms with Gasteiger partial charge >= 0.3 is 7.32 Å². The largest absolute Gasteiger partial charge is 0.631 e. The Morgan fingerprint density at radius 3 is 1.00 bits per heavy atom. The van der Waals surface area contributed by atoms with Crippen molar-refractivity contribution >= 4 is 7.32 Å². The Balaban J connectivity index is 0. The topological polar surface area (TPSA) is 60.7 Å². The molecule has 0 aliphatic heterocycles. The van der Waals surface area contributed by atoms with Crippen LogP contribution in [0.2, 0.25) is 0 Å². The van der Waals surface area contributed by atoms with E-state index in [1.165, 1.54) is 0 Å². The Labute approximate surface area is 48.6 Å². The Morgan fingerprint density at radius 2 is 1.00 bits per heavy atom. The molecule has 1 radical (unpaired) electrons. The van der Waals surface area contributed by atoms with Gasteiger partial charge in [-0.05, 0) is 0 Å². The molecule has 27 valence electrons. The maximum Gasteiger partial charge on any atom is 0.631 e. The third-order valence-electron chi connectivity index (χ3n) is 0. The first-order chi connectivity index (χ1) is 1.73. The number of hydrogen-bond donors (Lipinski definition) is 3. The Hall–Kier alpha value is 0.815. The number of hydrogen-bond acceptors (Lipinski definition) is 3. The molecule has 5 heavy (non-hydrogen) atoms. The third kappa shape index (κ3) is 57.4. The summed E-state index contributed by atoms with van der Waals surface area (Å²) >= 11 is 0. The summed E-state index contributed by atoms with van der Waals surface area (Å²) in [5.41, 5.74) is 0. The van der Waals surface area contributed by atoms with Crippen molar-refractivity contribution < 1.29 is 40.9 Å². The first-order valence-electron chi connectivity index (χ1n) is 0.775. The zero-order valence-corrected chi connectivity index (χ0v) is 4.30. The summed E-state index contributed by atoms with van der Waals surface area (Å²) in [6.07, 6.45) is 0. The fourth-order valence-electron chi connectivity index (χ4n) is 0. The predicted octanol–water partition coefficient (Wildman–Crippen LogP) is -2.05. The second kappa shape index (κ2) is 4.82. The van der Waals surface area contributed by atoms with Crippen LogP contribution in [0.15, 0.2) is 0 Å². The van der Waals surface area contributed by atoms with Crippen LogP contribution in [0.5, 0.6) is 0 Å². The van der Waals surface area contributed by atoms with Crippen molar-refractivity contribution in [2.45, 2.75) is 0 Å². The minimum absolute atomic E-state index is 0. The SMILES string of the molecule is OB(O)O.[Sc]. The summed E-state index contributed by atoms with van der Waals surface area (Å²) < 4.78 is 0. The van der Waals surface area contributed by atoms with Crippen LogP contribution < -0.4 is 0 Å². The molecule has 0 saturated carbocycles. The monoisotopic (exact) mass is 107 g/mol. The van der Waals surface area contributed by atoms with E-state index in [1.54, 1.807) is 0 Å². The normalized spacial score (nSPS) is 5.40. The van der Waals surface area contributed by atoms with Crippen molar-refractivity contribution in [3.63, 3.8) is 0 Å². The van der Waals surface area contributed by atoms with Gasteiger partial charge in [0.05, 0.1) is 0 Å². The summed E-state index contributed by atoms with van der Waals surface area (Å²) in [6.45, 7) is 0. The molecule has 0 aromatic carbocycles. The summed E-state index contributed by atoms with van der Waals surface area (Å²) in [4.78, 5) is 0. The van der Waals surface area contributed by atoms with Crippen molar-refractivity contribution in [3.8, 4) is 0 Å². The van der Waals surface area contributed by atoms with Gasteiger partial charge in [0.2, 0.25) is 0 Å². The molecule has 0 atom stereocenters. The molecule has 5 heteroatoms. The molecule has 0 rings (SSSR count). The van der Waals surface area contributed by atoms with Crippen molar-refractivity contribution in [2.75, 3.05) is 0 Å². The molecule has 0 amide bonds.